The average molecular weight is 581 g/mol. The molecule has 0 aliphatic carbocycles. The number of thioether (sulfide) groups is 1. The molecule has 0 spiro atoms. The Morgan fingerprint density at radius 3 is 2.34 bits per heavy atom. The van der Waals surface area contributed by atoms with Gasteiger partial charge in [-0.15, -0.1) is 0 Å². The van der Waals surface area contributed by atoms with Gasteiger partial charge >= 0.3 is 5.69 Å². The fraction of sp³-hybridized carbons (Fsp3) is 0.115. The number of carbonyl (C=O) groups is 3. The maximum absolute atomic E-state index is 13.1. The minimum absolute atomic E-state index is 0.0450. The zero-order chi connectivity index (χ0) is 29.7. The van der Waals surface area contributed by atoms with Crippen molar-refractivity contribution in [2.45, 2.75) is 0 Å². The third-order valence-electron chi connectivity index (χ3n) is 5.63. The van der Waals surface area contributed by atoms with Gasteiger partial charge in [0.2, 0.25) is 11.7 Å². The van der Waals surface area contributed by atoms with E-state index in [2.05, 4.69) is 5.32 Å². The number of amides is 3. The Kier molecular flexibility index (Phi) is 8.48. The van der Waals surface area contributed by atoms with Crippen LogP contribution < -0.4 is 19.5 Å². The lowest BCUT2D eigenvalue weighted by Gasteiger charge is -2.14. The number of hydrogen-bond donors (Lipinski definition) is 1. The molecule has 3 aromatic carbocycles. The molecule has 0 aromatic heterocycles. The highest BCUT2D eigenvalue weighted by molar-refractivity contribution is 8.18. The summed E-state index contributed by atoms with van der Waals surface area (Å²) in [5.41, 5.74) is -0.604. The van der Waals surface area contributed by atoms with Gasteiger partial charge in [-0.05, 0) is 42.1 Å². The summed E-state index contributed by atoms with van der Waals surface area (Å²) in [4.78, 5) is 60.1. The van der Waals surface area contributed by atoms with Crippen molar-refractivity contribution in [1.82, 2.24) is 4.90 Å². The molecule has 1 fully saturated rings. The SMILES string of the molecule is COc1ccccc1NC(=O)CN1C(=O)S/C(=C/c2cccc(OC)c2Oc2ccc([N+](=O)[O-])cc2[N+](=O)[O-])C1=O. The van der Waals surface area contributed by atoms with Crippen molar-refractivity contribution in [3.05, 3.63) is 91.4 Å². The Morgan fingerprint density at radius 2 is 1.66 bits per heavy atom. The summed E-state index contributed by atoms with van der Waals surface area (Å²) < 4.78 is 16.3. The number of hydrogen-bond acceptors (Lipinski definition) is 11. The quantitative estimate of drug-likeness (QED) is 0.194. The van der Waals surface area contributed by atoms with Gasteiger partial charge in [-0.2, -0.15) is 0 Å². The fourth-order valence-corrected chi connectivity index (χ4v) is 4.56. The highest BCUT2D eigenvalue weighted by Crippen LogP contribution is 2.42. The number of non-ortho nitro benzene ring substituents is 1. The van der Waals surface area contributed by atoms with E-state index in [-0.39, 0.29) is 27.7 Å². The third kappa shape index (κ3) is 6.25. The van der Waals surface area contributed by atoms with E-state index in [1.165, 1.54) is 32.4 Å². The van der Waals surface area contributed by atoms with Gasteiger partial charge in [0.25, 0.3) is 16.8 Å². The van der Waals surface area contributed by atoms with E-state index < -0.39 is 44.8 Å². The van der Waals surface area contributed by atoms with E-state index in [9.17, 15) is 34.6 Å². The van der Waals surface area contributed by atoms with Gasteiger partial charge in [0, 0.05) is 11.6 Å². The molecule has 15 heteroatoms. The lowest BCUT2D eigenvalue weighted by molar-refractivity contribution is -0.394. The van der Waals surface area contributed by atoms with E-state index in [0.717, 1.165) is 23.1 Å². The van der Waals surface area contributed by atoms with Crippen molar-refractivity contribution in [1.29, 1.82) is 0 Å². The zero-order valence-electron chi connectivity index (χ0n) is 21.4. The molecule has 1 aliphatic rings. The number of nitro benzene ring substituents is 2. The van der Waals surface area contributed by atoms with Crippen LogP contribution in [0.15, 0.2) is 65.6 Å². The molecule has 0 unspecified atom stereocenters. The lowest BCUT2D eigenvalue weighted by atomic mass is 10.1. The number of benzene rings is 3. The van der Waals surface area contributed by atoms with Gasteiger partial charge in [-0.1, -0.05) is 24.3 Å². The van der Waals surface area contributed by atoms with Crippen LogP contribution in [0.25, 0.3) is 6.08 Å². The summed E-state index contributed by atoms with van der Waals surface area (Å²) in [6, 6.07) is 14.1. The van der Waals surface area contributed by atoms with Crippen molar-refractivity contribution in [2.24, 2.45) is 0 Å². The van der Waals surface area contributed by atoms with Crippen molar-refractivity contribution < 1.29 is 38.4 Å². The molecule has 0 bridgehead atoms. The second-order valence-electron chi connectivity index (χ2n) is 8.16. The molecule has 4 rings (SSSR count). The molecule has 14 nitrogen and oxygen atoms in total. The minimum Gasteiger partial charge on any atom is -0.495 e. The Hall–Kier alpha value is -5.44. The fourth-order valence-electron chi connectivity index (χ4n) is 3.73. The number of imide groups is 1. The van der Waals surface area contributed by atoms with Crippen LogP contribution in [0.3, 0.4) is 0 Å². The van der Waals surface area contributed by atoms with Gasteiger partial charge in [-0.3, -0.25) is 39.5 Å². The molecule has 1 aliphatic heterocycles. The smallest absolute Gasteiger partial charge is 0.318 e. The Balaban J connectivity index is 1.61. The number of methoxy groups -OCH3 is 2. The predicted molar refractivity (Wildman–Crippen MR) is 147 cm³/mol. The number of nitro groups is 2. The summed E-state index contributed by atoms with van der Waals surface area (Å²) in [6.45, 7) is -0.559. The summed E-state index contributed by atoms with van der Waals surface area (Å²) in [5.74, 6) is -1.22. The molecule has 3 amide bonds. The van der Waals surface area contributed by atoms with Gasteiger partial charge in [0.05, 0.1) is 40.7 Å². The molecule has 210 valence electrons. The lowest BCUT2D eigenvalue weighted by Crippen LogP contribution is -2.36. The Bertz CT molecular complexity index is 1610. The third-order valence-corrected chi connectivity index (χ3v) is 6.54. The van der Waals surface area contributed by atoms with Crippen molar-refractivity contribution in [3.8, 4) is 23.0 Å². The second kappa shape index (κ2) is 12.2. The first-order chi connectivity index (χ1) is 19.6. The standard InChI is InChI=1S/C26H20N4O10S/c1-38-19-8-4-3-7-17(19)27-23(31)14-28-25(32)22(41-26(28)33)12-15-6-5-9-21(39-2)24(15)40-20-11-10-16(29(34)35)13-18(20)30(36)37/h3-13H,14H2,1-2H3,(H,27,31)/b22-12+. The molecule has 1 heterocycles. The number of anilines is 1. The predicted octanol–water partition coefficient (Wildman–Crippen LogP) is 4.99. The van der Waals surface area contributed by atoms with E-state index in [1.54, 1.807) is 30.3 Å². The highest BCUT2D eigenvalue weighted by atomic mass is 32.2. The van der Waals surface area contributed by atoms with E-state index in [4.69, 9.17) is 14.2 Å². The number of para-hydroxylation sites is 3. The molecular formula is C26H20N4O10S. The maximum atomic E-state index is 13.1. The summed E-state index contributed by atoms with van der Waals surface area (Å²) >= 11 is 0.589. The van der Waals surface area contributed by atoms with Crippen LogP contribution in [0, 0.1) is 20.2 Å². The molecule has 3 aromatic rings. The van der Waals surface area contributed by atoms with Crippen molar-refractivity contribution >= 4 is 52.0 Å². The Labute approximate surface area is 235 Å². The molecular weight excluding hydrogens is 560 g/mol. The zero-order valence-corrected chi connectivity index (χ0v) is 22.2. The normalized spacial score (nSPS) is 13.7. The van der Waals surface area contributed by atoms with Gasteiger partial charge in [0.15, 0.2) is 11.5 Å². The number of carbonyl (C=O) groups excluding carboxylic acids is 3. The minimum atomic E-state index is -0.834. The summed E-state index contributed by atoms with van der Waals surface area (Å²) in [6.07, 6.45) is 1.32. The van der Waals surface area contributed by atoms with Gasteiger partial charge < -0.3 is 19.5 Å². The van der Waals surface area contributed by atoms with Crippen LogP contribution in [0.4, 0.5) is 21.9 Å². The second-order valence-corrected chi connectivity index (χ2v) is 9.16. The summed E-state index contributed by atoms with van der Waals surface area (Å²) in [5, 5.41) is 24.6. The van der Waals surface area contributed by atoms with Gasteiger partial charge in [0.1, 0.15) is 12.3 Å². The Morgan fingerprint density at radius 1 is 0.951 bits per heavy atom. The van der Waals surface area contributed by atoms with Gasteiger partial charge in [-0.25, -0.2) is 0 Å². The topological polar surface area (TPSA) is 180 Å². The molecule has 1 saturated heterocycles. The molecule has 41 heavy (non-hydrogen) atoms. The molecule has 0 radical (unpaired) electrons. The highest BCUT2D eigenvalue weighted by Gasteiger charge is 2.37. The number of nitrogens with one attached hydrogen (secondary N) is 1. The first-order valence-corrected chi connectivity index (χ1v) is 12.4. The number of ether oxygens (including phenoxy) is 3. The first-order valence-electron chi connectivity index (χ1n) is 11.6. The molecule has 0 saturated carbocycles. The van der Waals surface area contributed by atoms with Crippen LogP contribution in [0.2, 0.25) is 0 Å². The summed E-state index contributed by atoms with van der Waals surface area (Å²) in [7, 11) is 2.76. The van der Waals surface area contributed by atoms with E-state index in [1.807, 2.05) is 0 Å². The number of rotatable bonds is 10. The van der Waals surface area contributed by atoms with Crippen molar-refractivity contribution in [2.75, 3.05) is 26.1 Å². The van der Waals surface area contributed by atoms with E-state index >= 15 is 0 Å². The average Bonchev–Trinajstić information content (AvgIpc) is 3.21. The molecule has 0 atom stereocenters. The van der Waals surface area contributed by atoms with Crippen LogP contribution in [-0.4, -0.2) is 52.6 Å². The van der Waals surface area contributed by atoms with E-state index in [0.29, 0.717) is 23.2 Å². The maximum Gasteiger partial charge on any atom is 0.318 e. The first kappa shape index (κ1) is 28.6. The largest absolute Gasteiger partial charge is 0.495 e. The van der Waals surface area contributed by atoms with Crippen LogP contribution in [0.1, 0.15) is 5.56 Å². The monoisotopic (exact) mass is 580 g/mol. The van der Waals surface area contributed by atoms with Crippen molar-refractivity contribution in [3.63, 3.8) is 0 Å². The van der Waals surface area contributed by atoms with Crippen LogP contribution in [0.5, 0.6) is 23.0 Å². The van der Waals surface area contributed by atoms with Crippen LogP contribution >= 0.6 is 11.8 Å². The van der Waals surface area contributed by atoms with Crippen LogP contribution in [-0.2, 0) is 9.59 Å². The number of nitrogens with zero attached hydrogens (tertiary/aromatic N) is 3. The molecule has 1 N–H and O–H groups in total.